The van der Waals surface area contributed by atoms with Crippen molar-refractivity contribution in [2.45, 2.75) is 44.2 Å². The Bertz CT molecular complexity index is 263. The van der Waals surface area contributed by atoms with Gasteiger partial charge in [0.2, 0.25) is 0 Å². The van der Waals surface area contributed by atoms with Crippen LogP contribution in [0.2, 0.25) is 0 Å². The minimum atomic E-state index is 0.0453. The highest BCUT2D eigenvalue weighted by Gasteiger charge is 2.25. The molecule has 104 valence electrons. The van der Waals surface area contributed by atoms with Crippen molar-refractivity contribution in [3.8, 4) is 0 Å². The summed E-state index contributed by atoms with van der Waals surface area (Å²) in [6, 6.07) is 0.501. The van der Waals surface area contributed by atoms with E-state index in [-0.39, 0.29) is 12.1 Å². The third kappa shape index (κ3) is 3.85. The maximum Gasteiger partial charge on any atom is 0.317 e. The van der Waals surface area contributed by atoms with Crippen molar-refractivity contribution >= 4 is 6.03 Å². The van der Waals surface area contributed by atoms with Crippen LogP contribution in [0.25, 0.3) is 0 Å². The van der Waals surface area contributed by atoms with E-state index in [9.17, 15) is 4.79 Å². The molecule has 2 fully saturated rings. The van der Waals surface area contributed by atoms with Crippen LogP contribution in [0, 0.1) is 0 Å². The van der Waals surface area contributed by atoms with Crippen molar-refractivity contribution in [3.05, 3.63) is 0 Å². The van der Waals surface area contributed by atoms with Gasteiger partial charge in [-0.1, -0.05) is 0 Å². The fraction of sp³-hybridized carbons (Fsp3) is 0.923. The largest absolute Gasteiger partial charge is 0.379 e. The van der Waals surface area contributed by atoms with Crippen molar-refractivity contribution in [1.29, 1.82) is 0 Å². The Kier molecular flexibility index (Phi) is 5.26. The Morgan fingerprint density at radius 1 is 1.44 bits per heavy atom. The highest BCUT2D eigenvalue weighted by molar-refractivity contribution is 5.74. The zero-order valence-electron chi connectivity index (χ0n) is 11.2. The summed E-state index contributed by atoms with van der Waals surface area (Å²) >= 11 is 0. The number of hydrogen-bond donors (Lipinski definition) is 1. The molecule has 1 heterocycles. The first-order chi connectivity index (χ1) is 8.77. The van der Waals surface area contributed by atoms with E-state index in [4.69, 9.17) is 9.47 Å². The zero-order chi connectivity index (χ0) is 12.8. The molecule has 5 heteroatoms. The third-order valence-corrected chi connectivity index (χ3v) is 3.78. The van der Waals surface area contributed by atoms with E-state index >= 15 is 0 Å². The second-order valence-corrected chi connectivity index (χ2v) is 5.14. The SMILES string of the molecule is CN(C(=O)NCCCO[C@H]1CCOC1)C1CCC1. The van der Waals surface area contributed by atoms with E-state index in [0.29, 0.717) is 19.2 Å². The summed E-state index contributed by atoms with van der Waals surface area (Å²) in [5, 5.41) is 2.93. The number of amides is 2. The van der Waals surface area contributed by atoms with Gasteiger partial charge in [-0.3, -0.25) is 0 Å². The first kappa shape index (κ1) is 13.6. The van der Waals surface area contributed by atoms with Crippen LogP contribution in [-0.2, 0) is 9.47 Å². The number of rotatable bonds is 6. The summed E-state index contributed by atoms with van der Waals surface area (Å²) in [7, 11) is 1.88. The normalized spacial score (nSPS) is 23.7. The Morgan fingerprint density at radius 3 is 2.89 bits per heavy atom. The van der Waals surface area contributed by atoms with Gasteiger partial charge >= 0.3 is 6.03 Å². The number of nitrogens with one attached hydrogen (secondary N) is 1. The topological polar surface area (TPSA) is 50.8 Å². The zero-order valence-corrected chi connectivity index (χ0v) is 11.2. The number of urea groups is 1. The van der Waals surface area contributed by atoms with E-state index in [1.807, 2.05) is 11.9 Å². The smallest absolute Gasteiger partial charge is 0.317 e. The fourth-order valence-electron chi connectivity index (χ4n) is 2.23. The molecular formula is C13H24N2O3. The molecule has 1 N–H and O–H groups in total. The maximum absolute atomic E-state index is 11.8. The molecule has 1 aliphatic carbocycles. The maximum atomic E-state index is 11.8. The Hall–Kier alpha value is -0.810. The van der Waals surface area contributed by atoms with Crippen LogP contribution in [0.3, 0.4) is 0 Å². The molecule has 1 atom stereocenters. The molecule has 0 aromatic carbocycles. The second-order valence-electron chi connectivity index (χ2n) is 5.14. The quantitative estimate of drug-likeness (QED) is 0.730. The number of carbonyl (C=O) groups is 1. The first-order valence-corrected chi connectivity index (χ1v) is 6.97. The lowest BCUT2D eigenvalue weighted by Gasteiger charge is -2.34. The fourth-order valence-corrected chi connectivity index (χ4v) is 2.23. The lowest BCUT2D eigenvalue weighted by Crippen LogP contribution is -2.46. The summed E-state index contributed by atoms with van der Waals surface area (Å²) in [6.45, 7) is 2.91. The number of nitrogens with zero attached hydrogens (tertiary/aromatic N) is 1. The molecule has 0 aromatic rings. The van der Waals surface area contributed by atoms with Crippen LogP contribution in [0.1, 0.15) is 32.1 Å². The van der Waals surface area contributed by atoms with E-state index in [0.717, 1.165) is 38.9 Å². The molecule has 18 heavy (non-hydrogen) atoms. The van der Waals surface area contributed by atoms with Crippen molar-refractivity contribution < 1.29 is 14.3 Å². The Morgan fingerprint density at radius 2 is 2.28 bits per heavy atom. The second kappa shape index (κ2) is 6.95. The molecule has 2 rings (SSSR count). The Labute approximate surface area is 109 Å². The highest BCUT2D eigenvalue weighted by Crippen LogP contribution is 2.23. The number of ether oxygens (including phenoxy) is 2. The minimum Gasteiger partial charge on any atom is -0.379 e. The first-order valence-electron chi connectivity index (χ1n) is 6.97. The standard InChI is InChI=1S/C13H24N2O3/c1-15(11-4-2-5-11)13(16)14-7-3-8-18-12-6-9-17-10-12/h11-12H,2-10H2,1H3,(H,14,16)/t12-/m0/s1. The molecule has 0 bridgehead atoms. The summed E-state index contributed by atoms with van der Waals surface area (Å²) in [6.07, 6.45) is 5.67. The van der Waals surface area contributed by atoms with Crippen LogP contribution in [0.15, 0.2) is 0 Å². The molecule has 0 spiro atoms. The van der Waals surface area contributed by atoms with Gasteiger partial charge in [-0.15, -0.1) is 0 Å². The molecular weight excluding hydrogens is 232 g/mol. The molecule has 1 saturated heterocycles. The predicted octanol–water partition coefficient (Wildman–Crippen LogP) is 1.38. The predicted molar refractivity (Wildman–Crippen MR) is 68.6 cm³/mol. The minimum absolute atomic E-state index is 0.0453. The van der Waals surface area contributed by atoms with Gasteiger partial charge in [0.15, 0.2) is 0 Å². The van der Waals surface area contributed by atoms with E-state index in [1.165, 1.54) is 6.42 Å². The summed E-state index contributed by atoms with van der Waals surface area (Å²) < 4.78 is 10.9. The highest BCUT2D eigenvalue weighted by atomic mass is 16.5. The summed E-state index contributed by atoms with van der Waals surface area (Å²) in [4.78, 5) is 13.6. The van der Waals surface area contributed by atoms with Crippen molar-refractivity contribution in [2.75, 3.05) is 33.4 Å². The van der Waals surface area contributed by atoms with Gasteiger partial charge in [0.05, 0.1) is 12.7 Å². The van der Waals surface area contributed by atoms with Crippen molar-refractivity contribution in [2.24, 2.45) is 0 Å². The molecule has 1 aliphatic heterocycles. The van der Waals surface area contributed by atoms with Gasteiger partial charge in [-0.25, -0.2) is 4.79 Å². The summed E-state index contributed by atoms with van der Waals surface area (Å²) in [5.74, 6) is 0. The van der Waals surface area contributed by atoms with Crippen LogP contribution < -0.4 is 5.32 Å². The molecule has 0 radical (unpaired) electrons. The van der Waals surface area contributed by atoms with Gasteiger partial charge in [0.1, 0.15) is 0 Å². The van der Waals surface area contributed by atoms with Gasteiger partial charge < -0.3 is 19.7 Å². The van der Waals surface area contributed by atoms with Gasteiger partial charge in [-0.2, -0.15) is 0 Å². The average molecular weight is 256 g/mol. The lowest BCUT2D eigenvalue weighted by molar-refractivity contribution is 0.0416. The van der Waals surface area contributed by atoms with Crippen LogP contribution in [-0.4, -0.2) is 56.5 Å². The van der Waals surface area contributed by atoms with Crippen LogP contribution in [0.4, 0.5) is 4.79 Å². The third-order valence-electron chi connectivity index (χ3n) is 3.78. The molecule has 0 aromatic heterocycles. The average Bonchev–Trinajstić information content (AvgIpc) is 2.79. The molecule has 2 amide bonds. The summed E-state index contributed by atoms with van der Waals surface area (Å²) in [5.41, 5.74) is 0. The Balaban J connectivity index is 1.47. The van der Waals surface area contributed by atoms with Crippen LogP contribution in [0.5, 0.6) is 0 Å². The van der Waals surface area contributed by atoms with Gasteiger partial charge in [0.25, 0.3) is 0 Å². The van der Waals surface area contributed by atoms with Gasteiger partial charge in [0, 0.05) is 32.8 Å². The number of hydrogen-bond acceptors (Lipinski definition) is 3. The molecule has 5 nitrogen and oxygen atoms in total. The van der Waals surface area contributed by atoms with Crippen molar-refractivity contribution in [3.63, 3.8) is 0 Å². The lowest BCUT2D eigenvalue weighted by atomic mass is 9.92. The molecule has 1 saturated carbocycles. The van der Waals surface area contributed by atoms with Crippen molar-refractivity contribution in [1.82, 2.24) is 10.2 Å². The monoisotopic (exact) mass is 256 g/mol. The van der Waals surface area contributed by atoms with Crippen LogP contribution >= 0.6 is 0 Å². The number of carbonyl (C=O) groups excluding carboxylic acids is 1. The molecule has 0 unspecified atom stereocenters. The molecule has 2 aliphatic rings. The van der Waals surface area contributed by atoms with E-state index in [2.05, 4.69) is 5.32 Å². The van der Waals surface area contributed by atoms with E-state index < -0.39 is 0 Å². The van der Waals surface area contributed by atoms with Gasteiger partial charge in [-0.05, 0) is 32.1 Å². The van der Waals surface area contributed by atoms with E-state index in [1.54, 1.807) is 0 Å².